The average Bonchev–Trinajstić information content (AvgIpc) is 4.21. The molecule has 3 aliphatic heterocycles. The van der Waals surface area contributed by atoms with Gasteiger partial charge in [-0.05, 0) is 164 Å². The van der Waals surface area contributed by atoms with Crippen LogP contribution in [0.1, 0.15) is 168 Å². The van der Waals surface area contributed by atoms with Crippen LogP contribution in [0.2, 0.25) is 0 Å². The predicted octanol–water partition coefficient (Wildman–Crippen LogP) is 19.3. The first kappa shape index (κ1) is 52.3. The second-order valence-electron chi connectivity index (χ2n) is 29.2. The molecule has 5 aliphatic rings. The number of benzene rings is 8. The minimum Gasteiger partial charge on any atom is -0.334 e. The van der Waals surface area contributed by atoms with Crippen molar-refractivity contribution in [2.24, 2.45) is 0 Å². The summed E-state index contributed by atoms with van der Waals surface area (Å²) >= 11 is 2.05. The molecule has 0 saturated heterocycles. The number of hydrogen-bond donors (Lipinski definition) is 0. The van der Waals surface area contributed by atoms with Crippen LogP contribution in [0.3, 0.4) is 0 Å². The molecule has 2 atom stereocenters. The number of anilines is 8. The minimum atomic E-state index is -0.279. The van der Waals surface area contributed by atoms with Crippen LogP contribution in [-0.4, -0.2) is 12.3 Å². The van der Waals surface area contributed by atoms with Gasteiger partial charge in [0.1, 0.15) is 0 Å². The third kappa shape index (κ3) is 7.65. The van der Waals surface area contributed by atoms with Crippen molar-refractivity contribution in [1.82, 2.24) is 0 Å². The van der Waals surface area contributed by atoms with Gasteiger partial charge in [0.2, 0.25) is 0 Å². The van der Waals surface area contributed by atoms with Crippen molar-refractivity contribution in [2.75, 3.05) is 14.7 Å². The van der Waals surface area contributed by atoms with Gasteiger partial charge in [0, 0.05) is 65.4 Å². The molecule has 0 radical (unpaired) electrons. The number of para-hydroxylation sites is 1. The summed E-state index contributed by atoms with van der Waals surface area (Å²) in [7, 11) is 0. The number of fused-ring (bicyclic) bond motifs is 10. The lowest BCUT2D eigenvalue weighted by Gasteiger charge is -2.51. The molecule has 8 aromatic carbocycles. The highest BCUT2D eigenvalue weighted by Gasteiger charge is 2.58. The summed E-state index contributed by atoms with van der Waals surface area (Å²) in [5, 5.41) is 1.37. The quantitative estimate of drug-likeness (QED) is 0.154. The van der Waals surface area contributed by atoms with Crippen LogP contribution in [0.4, 0.5) is 45.5 Å². The summed E-state index contributed by atoms with van der Waals surface area (Å²) in [5.41, 5.74) is 24.7. The topological polar surface area (TPSA) is 9.72 Å². The van der Waals surface area contributed by atoms with Crippen molar-refractivity contribution in [1.29, 1.82) is 0 Å². The van der Waals surface area contributed by atoms with E-state index in [2.05, 4.69) is 281 Å². The summed E-state index contributed by atoms with van der Waals surface area (Å²) in [6.45, 7) is 33.9. The molecule has 408 valence electrons. The standard InChI is InChI=1S/C76H80BN3S/c1-70(2,3)49-31-35-53(36-32-49)78-64-43-54(80-62-30-22-21-29-57(62)75(13)39-23-24-40-76(75,80)14)44-65-67(64)77(69-68(78)56-45-58-59(46-66(56)81-69)73(9,10)47-72(58,7)8)60-37-33-52(74(11,12)50-27-19-16-20-28-50)42-63(60)79(65)61-38-34-51(71(4,5)6)41-55(61)48-25-17-15-18-26-48/h15-22,25-38,41-46H,23-24,39-40,47H2,1-14H3. The van der Waals surface area contributed by atoms with Crippen molar-refractivity contribution in [2.45, 2.75) is 167 Å². The molecule has 1 fully saturated rings. The molecular weight excluding hydrogens is 998 g/mol. The summed E-state index contributed by atoms with van der Waals surface area (Å²) in [4.78, 5) is 8.30. The Morgan fingerprint density at radius 2 is 1.07 bits per heavy atom. The zero-order chi connectivity index (χ0) is 56.6. The Bertz CT molecular complexity index is 4020. The largest absolute Gasteiger partial charge is 0.334 e. The van der Waals surface area contributed by atoms with E-state index in [0.717, 1.165) is 12.8 Å². The van der Waals surface area contributed by atoms with Crippen LogP contribution < -0.4 is 30.4 Å². The molecule has 2 aliphatic carbocycles. The minimum absolute atomic E-state index is 0.00611. The van der Waals surface area contributed by atoms with Gasteiger partial charge in [0.25, 0.3) is 6.71 Å². The second-order valence-corrected chi connectivity index (χ2v) is 30.3. The van der Waals surface area contributed by atoms with E-state index in [-0.39, 0.29) is 44.7 Å². The molecule has 1 saturated carbocycles. The van der Waals surface area contributed by atoms with Crippen LogP contribution in [0, 0.1) is 0 Å². The van der Waals surface area contributed by atoms with Gasteiger partial charge in [-0.1, -0.05) is 212 Å². The molecule has 81 heavy (non-hydrogen) atoms. The van der Waals surface area contributed by atoms with E-state index in [9.17, 15) is 0 Å². The van der Waals surface area contributed by atoms with Gasteiger partial charge in [-0.25, -0.2) is 0 Å². The Labute approximate surface area is 488 Å². The molecule has 1 aromatic heterocycles. The van der Waals surface area contributed by atoms with Gasteiger partial charge in [0.05, 0.1) is 16.9 Å². The van der Waals surface area contributed by atoms with E-state index in [1.54, 1.807) is 0 Å². The molecule has 2 unspecified atom stereocenters. The first-order valence-corrected chi connectivity index (χ1v) is 31.0. The fraction of sp³-hybridized carbons (Fsp3) is 0.342. The van der Waals surface area contributed by atoms with Crippen LogP contribution in [0.15, 0.2) is 170 Å². The van der Waals surface area contributed by atoms with Gasteiger partial charge in [0.15, 0.2) is 0 Å². The third-order valence-electron chi connectivity index (χ3n) is 20.8. The third-order valence-corrected chi connectivity index (χ3v) is 22.0. The Kier molecular flexibility index (Phi) is 11.4. The summed E-state index contributed by atoms with van der Waals surface area (Å²) in [6, 6.07) is 67.1. The van der Waals surface area contributed by atoms with Gasteiger partial charge in [-0.15, -0.1) is 11.3 Å². The number of hydrogen-bond acceptors (Lipinski definition) is 4. The van der Waals surface area contributed by atoms with Crippen molar-refractivity contribution in [3.05, 3.63) is 209 Å². The SMILES string of the molecule is CC(C)(C)c1ccc(N2c3cc(N4c5ccccc5C5(C)CCCCC45C)cc4c3B(c3ccc(C(C)(C)c5ccccc5)cc3N4c3ccc(C(C)(C)C)cc3-c3ccccc3)c3sc4cc5c(cc4c32)C(C)(C)CC5(C)C)cc1. The first-order chi connectivity index (χ1) is 38.4. The normalized spacial score (nSPS) is 20.4. The Morgan fingerprint density at radius 3 is 1.77 bits per heavy atom. The Balaban J connectivity index is 1.15. The van der Waals surface area contributed by atoms with E-state index in [1.165, 1.54) is 141 Å². The lowest BCUT2D eigenvalue weighted by molar-refractivity contribution is 0.195. The monoisotopic (exact) mass is 1080 g/mol. The Hall–Kier alpha value is -6.82. The zero-order valence-electron chi connectivity index (χ0n) is 50.5. The highest BCUT2D eigenvalue weighted by Crippen LogP contribution is 2.63. The van der Waals surface area contributed by atoms with E-state index in [4.69, 9.17) is 0 Å². The van der Waals surface area contributed by atoms with Crippen molar-refractivity contribution >= 4 is 89.3 Å². The molecule has 0 N–H and O–H groups in total. The van der Waals surface area contributed by atoms with E-state index in [1.807, 2.05) is 11.3 Å². The molecule has 3 nitrogen and oxygen atoms in total. The lowest BCUT2D eigenvalue weighted by Crippen LogP contribution is -2.60. The molecule has 9 aromatic rings. The fourth-order valence-corrected chi connectivity index (χ4v) is 17.6. The van der Waals surface area contributed by atoms with Gasteiger partial charge >= 0.3 is 0 Å². The highest BCUT2D eigenvalue weighted by atomic mass is 32.1. The zero-order valence-corrected chi connectivity index (χ0v) is 51.3. The van der Waals surface area contributed by atoms with Crippen LogP contribution in [0.25, 0.3) is 21.2 Å². The number of thiophene rings is 1. The summed E-state index contributed by atoms with van der Waals surface area (Å²) < 4.78 is 2.80. The molecule has 0 amide bonds. The first-order valence-electron chi connectivity index (χ1n) is 30.2. The van der Waals surface area contributed by atoms with Crippen LogP contribution in [0.5, 0.6) is 0 Å². The lowest BCUT2D eigenvalue weighted by atomic mass is 9.36. The average molecular weight is 1080 g/mol. The maximum Gasteiger partial charge on any atom is 0.264 e. The maximum atomic E-state index is 2.83. The number of rotatable bonds is 6. The van der Waals surface area contributed by atoms with E-state index >= 15 is 0 Å². The smallest absolute Gasteiger partial charge is 0.264 e. The van der Waals surface area contributed by atoms with Crippen molar-refractivity contribution in [3.8, 4) is 11.1 Å². The molecular formula is C76H80BN3S. The fourth-order valence-electron chi connectivity index (χ4n) is 16.2. The predicted molar refractivity (Wildman–Crippen MR) is 351 cm³/mol. The van der Waals surface area contributed by atoms with Gasteiger partial charge < -0.3 is 14.7 Å². The highest BCUT2D eigenvalue weighted by molar-refractivity contribution is 7.33. The van der Waals surface area contributed by atoms with Crippen molar-refractivity contribution < 1.29 is 0 Å². The second kappa shape index (κ2) is 17.6. The molecule has 0 spiro atoms. The molecule has 0 bridgehead atoms. The molecule has 5 heteroatoms. The Morgan fingerprint density at radius 1 is 0.469 bits per heavy atom. The van der Waals surface area contributed by atoms with Gasteiger partial charge in [-0.2, -0.15) is 0 Å². The maximum absolute atomic E-state index is 2.83. The van der Waals surface area contributed by atoms with Crippen molar-refractivity contribution in [3.63, 3.8) is 0 Å². The van der Waals surface area contributed by atoms with Crippen LogP contribution in [-0.2, 0) is 32.5 Å². The molecule has 4 heterocycles. The van der Waals surface area contributed by atoms with E-state index < -0.39 is 0 Å². The number of nitrogens with zero attached hydrogens (tertiary/aromatic N) is 3. The summed E-state index contributed by atoms with van der Waals surface area (Å²) in [6.07, 6.45) is 5.88. The van der Waals surface area contributed by atoms with Gasteiger partial charge in [-0.3, -0.25) is 0 Å². The summed E-state index contributed by atoms with van der Waals surface area (Å²) in [5.74, 6) is 0. The molecule has 14 rings (SSSR count). The van der Waals surface area contributed by atoms with Crippen LogP contribution >= 0.6 is 11.3 Å². The van der Waals surface area contributed by atoms with E-state index in [0.29, 0.717) is 0 Å².